The molecule has 0 bridgehead atoms. The molecule has 0 aliphatic carbocycles. The SMILES string of the molecule is O=C(O)c1cnc2ccccc2c1OCCO. The van der Waals surface area contributed by atoms with Gasteiger partial charge in [-0.1, -0.05) is 12.1 Å². The summed E-state index contributed by atoms with van der Waals surface area (Å²) < 4.78 is 5.29. The van der Waals surface area contributed by atoms with Gasteiger partial charge in [-0.3, -0.25) is 4.98 Å². The molecule has 0 aliphatic heterocycles. The highest BCUT2D eigenvalue weighted by Crippen LogP contribution is 2.28. The lowest BCUT2D eigenvalue weighted by Crippen LogP contribution is -2.08. The molecule has 0 unspecified atom stereocenters. The number of carboxylic acid groups (broad SMARTS) is 1. The molecule has 1 aromatic heterocycles. The molecule has 1 aromatic carbocycles. The summed E-state index contributed by atoms with van der Waals surface area (Å²) in [6, 6.07) is 7.10. The van der Waals surface area contributed by atoms with Gasteiger partial charge < -0.3 is 14.9 Å². The predicted molar refractivity (Wildman–Crippen MR) is 61.3 cm³/mol. The molecule has 0 spiro atoms. The highest BCUT2D eigenvalue weighted by Gasteiger charge is 2.15. The fraction of sp³-hybridized carbons (Fsp3) is 0.167. The summed E-state index contributed by atoms with van der Waals surface area (Å²) in [5, 5.41) is 18.4. The molecule has 0 atom stereocenters. The number of hydrogen-bond donors (Lipinski definition) is 2. The molecule has 0 radical (unpaired) electrons. The molecule has 88 valence electrons. The zero-order valence-electron chi connectivity index (χ0n) is 8.96. The number of aliphatic hydroxyl groups is 1. The Hall–Kier alpha value is -2.14. The quantitative estimate of drug-likeness (QED) is 0.832. The van der Waals surface area contributed by atoms with E-state index in [4.69, 9.17) is 14.9 Å². The van der Waals surface area contributed by atoms with E-state index >= 15 is 0 Å². The number of pyridine rings is 1. The molecule has 5 heteroatoms. The van der Waals surface area contributed by atoms with Crippen molar-refractivity contribution in [2.75, 3.05) is 13.2 Å². The van der Waals surface area contributed by atoms with Crippen LogP contribution in [0, 0.1) is 0 Å². The maximum atomic E-state index is 11.0. The minimum atomic E-state index is -1.10. The summed E-state index contributed by atoms with van der Waals surface area (Å²) in [6.07, 6.45) is 1.26. The van der Waals surface area contributed by atoms with Crippen LogP contribution in [0.25, 0.3) is 10.9 Å². The van der Waals surface area contributed by atoms with Gasteiger partial charge in [-0.25, -0.2) is 4.79 Å². The van der Waals surface area contributed by atoms with E-state index in [0.29, 0.717) is 10.9 Å². The summed E-state index contributed by atoms with van der Waals surface area (Å²) in [5.74, 6) is -0.853. The van der Waals surface area contributed by atoms with Crippen LogP contribution >= 0.6 is 0 Å². The third-order valence-electron chi connectivity index (χ3n) is 2.29. The number of para-hydroxylation sites is 1. The maximum Gasteiger partial charge on any atom is 0.341 e. The normalized spacial score (nSPS) is 10.4. The number of rotatable bonds is 4. The fourth-order valence-corrected chi connectivity index (χ4v) is 1.57. The van der Waals surface area contributed by atoms with Crippen LogP contribution in [0.2, 0.25) is 0 Å². The molecule has 17 heavy (non-hydrogen) atoms. The first-order valence-corrected chi connectivity index (χ1v) is 5.08. The minimum absolute atomic E-state index is 0.00264. The lowest BCUT2D eigenvalue weighted by atomic mass is 10.1. The van der Waals surface area contributed by atoms with Crippen molar-refractivity contribution in [3.8, 4) is 5.75 Å². The number of nitrogens with zero attached hydrogens (tertiary/aromatic N) is 1. The second-order valence-electron chi connectivity index (χ2n) is 3.40. The van der Waals surface area contributed by atoms with Gasteiger partial charge in [-0.2, -0.15) is 0 Å². The Balaban J connectivity index is 2.61. The van der Waals surface area contributed by atoms with Gasteiger partial charge in [0, 0.05) is 11.6 Å². The number of hydrogen-bond acceptors (Lipinski definition) is 4. The zero-order chi connectivity index (χ0) is 12.3. The second-order valence-corrected chi connectivity index (χ2v) is 3.40. The molecule has 0 fully saturated rings. The van der Waals surface area contributed by atoms with Gasteiger partial charge in [0.1, 0.15) is 17.9 Å². The Morgan fingerprint density at radius 3 is 2.82 bits per heavy atom. The van der Waals surface area contributed by atoms with Crippen molar-refractivity contribution in [1.82, 2.24) is 4.98 Å². The van der Waals surface area contributed by atoms with Crippen LogP contribution in [-0.4, -0.2) is 34.4 Å². The molecular formula is C12H11NO4. The summed E-state index contributed by atoms with van der Waals surface area (Å²) in [5.41, 5.74) is 0.655. The summed E-state index contributed by atoms with van der Waals surface area (Å²) >= 11 is 0. The van der Waals surface area contributed by atoms with Gasteiger partial charge >= 0.3 is 5.97 Å². The summed E-state index contributed by atoms with van der Waals surface area (Å²) in [7, 11) is 0. The van der Waals surface area contributed by atoms with E-state index < -0.39 is 5.97 Å². The maximum absolute atomic E-state index is 11.0. The zero-order valence-corrected chi connectivity index (χ0v) is 8.96. The topological polar surface area (TPSA) is 79.7 Å². The smallest absolute Gasteiger partial charge is 0.341 e. The van der Waals surface area contributed by atoms with Crippen LogP contribution in [0.3, 0.4) is 0 Å². The molecule has 2 rings (SSSR count). The van der Waals surface area contributed by atoms with Crippen molar-refractivity contribution in [3.05, 3.63) is 36.0 Å². The molecule has 2 aromatic rings. The van der Waals surface area contributed by atoms with E-state index in [0.717, 1.165) is 0 Å². The standard InChI is InChI=1S/C12H11NO4/c14-5-6-17-11-8-3-1-2-4-10(8)13-7-9(11)12(15)16/h1-4,7,14H,5-6H2,(H,15,16). The Kier molecular flexibility index (Phi) is 3.20. The largest absolute Gasteiger partial charge is 0.490 e. The fourth-order valence-electron chi connectivity index (χ4n) is 1.57. The van der Waals surface area contributed by atoms with Gasteiger partial charge in [-0.15, -0.1) is 0 Å². The van der Waals surface area contributed by atoms with E-state index in [1.54, 1.807) is 18.2 Å². The van der Waals surface area contributed by atoms with Crippen molar-refractivity contribution in [3.63, 3.8) is 0 Å². The minimum Gasteiger partial charge on any atom is -0.490 e. The number of aromatic nitrogens is 1. The predicted octanol–water partition coefficient (Wildman–Crippen LogP) is 1.30. The molecule has 1 heterocycles. The average Bonchev–Trinajstić information content (AvgIpc) is 2.35. The van der Waals surface area contributed by atoms with Gasteiger partial charge in [0.25, 0.3) is 0 Å². The number of carbonyl (C=O) groups is 1. The Bertz CT molecular complexity index is 553. The molecule has 0 aliphatic rings. The highest BCUT2D eigenvalue weighted by atomic mass is 16.5. The van der Waals surface area contributed by atoms with Gasteiger partial charge in [0.2, 0.25) is 0 Å². The first kappa shape index (κ1) is 11.3. The molecule has 0 amide bonds. The van der Waals surface area contributed by atoms with Crippen LogP contribution < -0.4 is 4.74 Å². The second kappa shape index (κ2) is 4.80. The highest BCUT2D eigenvalue weighted by molar-refractivity contribution is 5.98. The van der Waals surface area contributed by atoms with Crippen LogP contribution in [0.5, 0.6) is 5.75 Å². The van der Waals surface area contributed by atoms with E-state index in [1.807, 2.05) is 6.07 Å². The van der Waals surface area contributed by atoms with E-state index in [-0.39, 0.29) is 24.5 Å². The third-order valence-corrected chi connectivity index (χ3v) is 2.29. The van der Waals surface area contributed by atoms with Crippen molar-refractivity contribution in [2.45, 2.75) is 0 Å². The van der Waals surface area contributed by atoms with Crippen LogP contribution in [0.4, 0.5) is 0 Å². The van der Waals surface area contributed by atoms with Gasteiger partial charge in [0.15, 0.2) is 0 Å². The number of aliphatic hydroxyl groups excluding tert-OH is 1. The van der Waals surface area contributed by atoms with E-state index in [2.05, 4.69) is 4.98 Å². The molecule has 2 N–H and O–H groups in total. The number of carboxylic acids is 1. The first-order chi connectivity index (χ1) is 8.24. The van der Waals surface area contributed by atoms with Crippen LogP contribution in [0.1, 0.15) is 10.4 Å². The van der Waals surface area contributed by atoms with Crippen molar-refractivity contribution in [2.24, 2.45) is 0 Å². The monoisotopic (exact) mass is 233 g/mol. The Morgan fingerprint density at radius 1 is 1.35 bits per heavy atom. The molecular weight excluding hydrogens is 222 g/mol. The van der Waals surface area contributed by atoms with Crippen molar-refractivity contribution < 1.29 is 19.7 Å². The average molecular weight is 233 g/mol. The van der Waals surface area contributed by atoms with E-state index in [1.165, 1.54) is 6.20 Å². The number of ether oxygens (including phenoxy) is 1. The Labute approximate surface area is 97.3 Å². The lowest BCUT2D eigenvalue weighted by molar-refractivity contribution is 0.0690. The van der Waals surface area contributed by atoms with Crippen LogP contribution in [0.15, 0.2) is 30.5 Å². The molecule has 0 saturated carbocycles. The third kappa shape index (κ3) is 2.19. The molecule has 0 saturated heterocycles. The lowest BCUT2D eigenvalue weighted by Gasteiger charge is -2.10. The Morgan fingerprint density at radius 2 is 2.12 bits per heavy atom. The van der Waals surface area contributed by atoms with Crippen LogP contribution in [-0.2, 0) is 0 Å². The first-order valence-electron chi connectivity index (χ1n) is 5.08. The van der Waals surface area contributed by atoms with Gasteiger partial charge in [-0.05, 0) is 12.1 Å². The van der Waals surface area contributed by atoms with Crippen molar-refractivity contribution in [1.29, 1.82) is 0 Å². The summed E-state index contributed by atoms with van der Waals surface area (Å²) in [4.78, 5) is 15.1. The van der Waals surface area contributed by atoms with E-state index in [9.17, 15) is 4.79 Å². The van der Waals surface area contributed by atoms with Gasteiger partial charge in [0.05, 0.1) is 12.1 Å². The van der Waals surface area contributed by atoms with Crippen molar-refractivity contribution >= 4 is 16.9 Å². The molecule has 5 nitrogen and oxygen atoms in total. The number of benzene rings is 1. The number of fused-ring (bicyclic) bond motifs is 1. The number of aromatic carboxylic acids is 1. The summed E-state index contributed by atoms with van der Waals surface area (Å²) in [6.45, 7) is -0.121.